The molecular formula is C16H28ClN3O. The molecule has 1 heterocycles. The summed E-state index contributed by atoms with van der Waals surface area (Å²) >= 11 is 6.34. The summed E-state index contributed by atoms with van der Waals surface area (Å²) in [7, 11) is 1.98. The third kappa shape index (κ3) is 7.11. The summed E-state index contributed by atoms with van der Waals surface area (Å²) in [5.74, 6) is 0.795. The summed E-state index contributed by atoms with van der Waals surface area (Å²) in [6.45, 7) is 12.7. The van der Waals surface area contributed by atoms with Crippen molar-refractivity contribution >= 4 is 17.4 Å². The predicted octanol–water partition coefficient (Wildman–Crippen LogP) is 3.48. The largest absolute Gasteiger partial charge is 0.377 e. The first-order valence-electron chi connectivity index (χ1n) is 7.41. The Morgan fingerprint density at radius 2 is 2.05 bits per heavy atom. The Morgan fingerprint density at radius 3 is 2.57 bits per heavy atom. The number of nitrogens with zero attached hydrogens (tertiary/aromatic N) is 2. The number of rotatable bonds is 7. The minimum absolute atomic E-state index is 0.0795. The lowest BCUT2D eigenvalue weighted by Crippen LogP contribution is -2.35. The van der Waals surface area contributed by atoms with Crippen molar-refractivity contribution in [1.29, 1.82) is 0 Å². The first-order chi connectivity index (χ1) is 9.69. The molecule has 4 nitrogen and oxygen atoms in total. The Kier molecular flexibility index (Phi) is 6.91. The fourth-order valence-corrected chi connectivity index (χ4v) is 2.08. The van der Waals surface area contributed by atoms with E-state index in [1.807, 2.05) is 38.1 Å². The molecule has 0 radical (unpaired) electrons. The predicted molar refractivity (Wildman–Crippen MR) is 90.2 cm³/mol. The number of ether oxygens (including phenoxy) is 1. The van der Waals surface area contributed by atoms with E-state index in [4.69, 9.17) is 16.3 Å². The van der Waals surface area contributed by atoms with Gasteiger partial charge in [-0.15, -0.1) is 0 Å². The first kappa shape index (κ1) is 18.2. The molecule has 0 fully saturated rings. The average Bonchev–Trinajstić information content (AvgIpc) is 2.35. The molecule has 0 amide bonds. The molecule has 5 heteroatoms. The second-order valence-electron chi connectivity index (χ2n) is 6.59. The summed E-state index contributed by atoms with van der Waals surface area (Å²) in [6.07, 6.45) is 2.12. The SMILES string of the molecule is CC(C)OCCN(C)c1ncc(CNC(C)(C)C)cc1Cl. The maximum Gasteiger partial charge on any atom is 0.147 e. The molecule has 120 valence electrons. The van der Waals surface area contributed by atoms with E-state index >= 15 is 0 Å². The Bertz CT molecular complexity index is 444. The van der Waals surface area contributed by atoms with Gasteiger partial charge in [0.15, 0.2) is 0 Å². The number of hydrogen-bond donors (Lipinski definition) is 1. The van der Waals surface area contributed by atoms with Gasteiger partial charge in [0.2, 0.25) is 0 Å². The van der Waals surface area contributed by atoms with Crippen molar-refractivity contribution < 1.29 is 4.74 Å². The van der Waals surface area contributed by atoms with Crippen molar-refractivity contribution in [2.75, 3.05) is 25.1 Å². The van der Waals surface area contributed by atoms with Crippen LogP contribution >= 0.6 is 11.6 Å². The van der Waals surface area contributed by atoms with E-state index in [1.165, 1.54) is 0 Å². The van der Waals surface area contributed by atoms with E-state index in [-0.39, 0.29) is 11.6 Å². The van der Waals surface area contributed by atoms with E-state index in [1.54, 1.807) is 0 Å². The highest BCUT2D eigenvalue weighted by molar-refractivity contribution is 6.33. The molecule has 1 aromatic rings. The van der Waals surface area contributed by atoms with Crippen molar-refractivity contribution in [2.45, 2.75) is 52.8 Å². The van der Waals surface area contributed by atoms with Crippen molar-refractivity contribution in [3.63, 3.8) is 0 Å². The molecule has 0 bridgehead atoms. The molecule has 0 aliphatic rings. The van der Waals surface area contributed by atoms with Crippen molar-refractivity contribution in [2.24, 2.45) is 0 Å². The van der Waals surface area contributed by atoms with Crippen LogP contribution in [0.25, 0.3) is 0 Å². The van der Waals surface area contributed by atoms with E-state index in [2.05, 4.69) is 31.1 Å². The van der Waals surface area contributed by atoms with Gasteiger partial charge in [-0.25, -0.2) is 4.98 Å². The first-order valence-corrected chi connectivity index (χ1v) is 7.79. The highest BCUT2D eigenvalue weighted by atomic mass is 35.5. The summed E-state index contributed by atoms with van der Waals surface area (Å²) in [5.41, 5.74) is 1.17. The van der Waals surface area contributed by atoms with Gasteiger partial charge in [-0.1, -0.05) is 11.6 Å². The summed E-state index contributed by atoms with van der Waals surface area (Å²) in [4.78, 5) is 6.49. The molecule has 0 unspecified atom stereocenters. The van der Waals surface area contributed by atoms with Crippen molar-refractivity contribution in [3.8, 4) is 0 Å². The molecule has 21 heavy (non-hydrogen) atoms. The lowest BCUT2D eigenvalue weighted by Gasteiger charge is -2.22. The average molecular weight is 314 g/mol. The van der Waals surface area contributed by atoms with Crippen LogP contribution in [0.4, 0.5) is 5.82 Å². The van der Waals surface area contributed by atoms with Crippen LogP contribution in [0.5, 0.6) is 0 Å². The molecule has 1 N–H and O–H groups in total. The Morgan fingerprint density at radius 1 is 1.38 bits per heavy atom. The van der Waals surface area contributed by atoms with Crippen LogP contribution < -0.4 is 10.2 Å². The highest BCUT2D eigenvalue weighted by Gasteiger charge is 2.12. The van der Waals surface area contributed by atoms with Gasteiger partial charge in [0.1, 0.15) is 5.82 Å². The second kappa shape index (κ2) is 7.97. The van der Waals surface area contributed by atoms with Gasteiger partial charge >= 0.3 is 0 Å². The molecule has 1 rings (SSSR count). The van der Waals surface area contributed by atoms with Gasteiger partial charge < -0.3 is 15.0 Å². The molecule has 0 saturated carbocycles. The topological polar surface area (TPSA) is 37.4 Å². The monoisotopic (exact) mass is 313 g/mol. The molecular weight excluding hydrogens is 286 g/mol. The molecule has 0 spiro atoms. The second-order valence-corrected chi connectivity index (χ2v) is 7.00. The van der Waals surface area contributed by atoms with Crippen molar-refractivity contribution in [3.05, 3.63) is 22.8 Å². The molecule has 0 atom stereocenters. The van der Waals surface area contributed by atoms with Crippen LogP contribution in [-0.4, -0.2) is 36.8 Å². The van der Waals surface area contributed by atoms with E-state index in [0.29, 0.717) is 11.6 Å². The lowest BCUT2D eigenvalue weighted by atomic mass is 10.1. The van der Waals surface area contributed by atoms with Crippen LogP contribution in [0, 0.1) is 0 Å². The standard InChI is InChI=1S/C16H28ClN3O/c1-12(2)21-8-7-20(6)15-14(17)9-13(10-18-15)11-19-16(3,4)5/h9-10,12,19H,7-8,11H2,1-6H3. The van der Waals surface area contributed by atoms with Gasteiger partial charge in [-0.2, -0.15) is 0 Å². The van der Waals surface area contributed by atoms with Gasteiger partial charge in [-0.3, -0.25) is 0 Å². The number of halogens is 1. The Balaban J connectivity index is 2.60. The van der Waals surface area contributed by atoms with E-state index in [9.17, 15) is 0 Å². The minimum Gasteiger partial charge on any atom is -0.377 e. The number of pyridine rings is 1. The number of anilines is 1. The maximum atomic E-state index is 6.34. The summed E-state index contributed by atoms with van der Waals surface area (Å²) < 4.78 is 5.55. The third-order valence-corrected chi connectivity index (χ3v) is 3.22. The molecule has 0 aromatic carbocycles. The van der Waals surface area contributed by atoms with E-state index in [0.717, 1.165) is 24.5 Å². The van der Waals surface area contributed by atoms with Gasteiger partial charge in [0.05, 0.1) is 17.7 Å². The zero-order valence-electron chi connectivity index (χ0n) is 14.0. The zero-order chi connectivity index (χ0) is 16.0. The number of aromatic nitrogens is 1. The van der Waals surface area contributed by atoms with Gasteiger partial charge in [-0.05, 0) is 46.2 Å². The van der Waals surface area contributed by atoms with Gasteiger partial charge in [0, 0.05) is 31.9 Å². The molecule has 0 aliphatic heterocycles. The normalized spacial score (nSPS) is 12.0. The maximum absolute atomic E-state index is 6.34. The quantitative estimate of drug-likeness (QED) is 0.836. The van der Waals surface area contributed by atoms with E-state index < -0.39 is 0 Å². The summed E-state index contributed by atoms with van der Waals surface area (Å²) in [5, 5.41) is 4.10. The van der Waals surface area contributed by atoms with Crippen molar-refractivity contribution in [1.82, 2.24) is 10.3 Å². The number of likely N-dealkylation sites (N-methyl/N-ethyl adjacent to an activating group) is 1. The smallest absolute Gasteiger partial charge is 0.147 e. The molecule has 0 saturated heterocycles. The minimum atomic E-state index is 0.0795. The highest BCUT2D eigenvalue weighted by Crippen LogP contribution is 2.23. The fourth-order valence-electron chi connectivity index (χ4n) is 1.75. The molecule has 1 aromatic heterocycles. The van der Waals surface area contributed by atoms with Crippen LogP contribution in [0.1, 0.15) is 40.2 Å². The van der Waals surface area contributed by atoms with Crippen LogP contribution in [0.3, 0.4) is 0 Å². The molecule has 0 aliphatic carbocycles. The Labute approximate surface area is 133 Å². The fraction of sp³-hybridized carbons (Fsp3) is 0.688. The number of nitrogens with one attached hydrogen (secondary N) is 1. The zero-order valence-corrected chi connectivity index (χ0v) is 14.8. The lowest BCUT2D eigenvalue weighted by molar-refractivity contribution is 0.0845. The van der Waals surface area contributed by atoms with Crippen LogP contribution in [-0.2, 0) is 11.3 Å². The van der Waals surface area contributed by atoms with Crippen LogP contribution in [0.15, 0.2) is 12.3 Å². The van der Waals surface area contributed by atoms with Crippen LogP contribution in [0.2, 0.25) is 5.02 Å². The third-order valence-electron chi connectivity index (χ3n) is 2.94. The van der Waals surface area contributed by atoms with Gasteiger partial charge in [0.25, 0.3) is 0 Å². The Hall–Kier alpha value is -0.840. The number of hydrogen-bond acceptors (Lipinski definition) is 4. The summed E-state index contributed by atoms with van der Waals surface area (Å²) in [6, 6.07) is 1.97.